The molecule has 22 heavy (non-hydrogen) atoms. The summed E-state index contributed by atoms with van der Waals surface area (Å²) < 4.78 is 5.44. The highest BCUT2D eigenvalue weighted by molar-refractivity contribution is 7.14. The van der Waals surface area contributed by atoms with Crippen molar-refractivity contribution < 1.29 is 14.3 Å². The van der Waals surface area contributed by atoms with Gasteiger partial charge in [-0.1, -0.05) is 6.92 Å². The molecule has 0 bridgehead atoms. The summed E-state index contributed by atoms with van der Waals surface area (Å²) in [6.07, 6.45) is 2.84. The topological polar surface area (TPSA) is 46.6 Å². The first-order chi connectivity index (χ1) is 10.3. The van der Waals surface area contributed by atoms with Crippen molar-refractivity contribution >= 4 is 23.2 Å². The van der Waals surface area contributed by atoms with Crippen molar-refractivity contribution in [3.05, 3.63) is 21.9 Å². The van der Waals surface area contributed by atoms with E-state index >= 15 is 0 Å². The maximum absolute atomic E-state index is 12.4. The van der Waals surface area contributed by atoms with Crippen molar-refractivity contribution in [3.8, 4) is 0 Å². The van der Waals surface area contributed by atoms with Gasteiger partial charge in [0, 0.05) is 23.9 Å². The zero-order valence-corrected chi connectivity index (χ0v) is 14.7. The summed E-state index contributed by atoms with van der Waals surface area (Å²) in [4.78, 5) is 28.4. The van der Waals surface area contributed by atoms with Gasteiger partial charge in [-0.2, -0.15) is 0 Å². The average Bonchev–Trinajstić information content (AvgIpc) is 3.04. The second kappa shape index (κ2) is 6.82. The molecule has 0 radical (unpaired) electrons. The number of amides is 1. The SMILES string of the molecule is CCc1ccc(C(=O)CC2CCCN2C(=O)OC(C)(C)C)s1. The summed E-state index contributed by atoms with van der Waals surface area (Å²) in [6, 6.07) is 3.88. The van der Waals surface area contributed by atoms with Crippen LogP contribution in [0.25, 0.3) is 0 Å². The van der Waals surface area contributed by atoms with Crippen LogP contribution in [0.5, 0.6) is 0 Å². The quantitative estimate of drug-likeness (QED) is 0.777. The van der Waals surface area contributed by atoms with Crippen LogP contribution >= 0.6 is 11.3 Å². The molecule has 0 saturated carbocycles. The first kappa shape index (κ1) is 17.0. The lowest BCUT2D eigenvalue weighted by Gasteiger charge is -2.28. The Labute approximate surface area is 136 Å². The minimum atomic E-state index is -0.502. The smallest absolute Gasteiger partial charge is 0.410 e. The summed E-state index contributed by atoms with van der Waals surface area (Å²) in [5.41, 5.74) is -0.502. The van der Waals surface area contributed by atoms with Crippen molar-refractivity contribution in [2.75, 3.05) is 6.54 Å². The number of likely N-dealkylation sites (tertiary alicyclic amines) is 1. The standard InChI is InChI=1S/C17H25NO3S/c1-5-13-8-9-15(22-13)14(19)11-12-7-6-10-18(12)16(20)21-17(2,3)4/h8-9,12H,5-7,10-11H2,1-4H3. The Hall–Kier alpha value is -1.36. The Kier molecular flexibility index (Phi) is 5.27. The van der Waals surface area contributed by atoms with Gasteiger partial charge in [-0.05, 0) is 52.2 Å². The number of hydrogen-bond acceptors (Lipinski definition) is 4. The molecule has 1 saturated heterocycles. The molecule has 122 valence electrons. The van der Waals surface area contributed by atoms with E-state index < -0.39 is 5.60 Å². The van der Waals surface area contributed by atoms with Crippen LogP contribution in [-0.2, 0) is 11.2 Å². The van der Waals surface area contributed by atoms with Gasteiger partial charge in [0.1, 0.15) is 5.60 Å². The summed E-state index contributed by atoms with van der Waals surface area (Å²) in [6.45, 7) is 8.34. The van der Waals surface area contributed by atoms with Crippen LogP contribution in [0.2, 0.25) is 0 Å². The van der Waals surface area contributed by atoms with Gasteiger partial charge < -0.3 is 9.64 Å². The number of carbonyl (C=O) groups is 2. The van der Waals surface area contributed by atoms with Crippen molar-refractivity contribution in [2.24, 2.45) is 0 Å². The number of rotatable bonds is 4. The molecule has 0 aliphatic carbocycles. The Balaban J connectivity index is 1.98. The zero-order valence-electron chi connectivity index (χ0n) is 13.8. The lowest BCUT2D eigenvalue weighted by molar-refractivity contribution is 0.0223. The normalized spacial score (nSPS) is 18.5. The van der Waals surface area contributed by atoms with Crippen molar-refractivity contribution in [3.63, 3.8) is 0 Å². The molecule has 1 fully saturated rings. The molecule has 2 rings (SSSR count). The van der Waals surface area contributed by atoms with E-state index in [2.05, 4.69) is 6.92 Å². The monoisotopic (exact) mass is 323 g/mol. The number of thiophene rings is 1. The largest absolute Gasteiger partial charge is 0.444 e. The molecular weight excluding hydrogens is 298 g/mol. The van der Waals surface area contributed by atoms with Crippen LogP contribution in [0, 0.1) is 0 Å². The maximum Gasteiger partial charge on any atom is 0.410 e. The highest BCUT2D eigenvalue weighted by atomic mass is 32.1. The van der Waals surface area contributed by atoms with Crippen LogP contribution in [0.15, 0.2) is 12.1 Å². The molecule has 0 N–H and O–H groups in total. The van der Waals surface area contributed by atoms with E-state index in [1.54, 1.807) is 16.2 Å². The third-order valence-electron chi connectivity index (χ3n) is 3.71. The number of aryl methyl sites for hydroxylation is 1. The fourth-order valence-electron chi connectivity index (χ4n) is 2.64. The van der Waals surface area contributed by atoms with Gasteiger partial charge in [-0.15, -0.1) is 11.3 Å². The fraction of sp³-hybridized carbons (Fsp3) is 0.647. The first-order valence-electron chi connectivity index (χ1n) is 7.91. The molecule has 1 atom stereocenters. The van der Waals surface area contributed by atoms with Crippen LogP contribution < -0.4 is 0 Å². The van der Waals surface area contributed by atoms with E-state index in [9.17, 15) is 9.59 Å². The molecule has 1 aliphatic rings. The molecule has 4 nitrogen and oxygen atoms in total. The highest BCUT2D eigenvalue weighted by Gasteiger charge is 2.33. The van der Waals surface area contributed by atoms with Crippen LogP contribution in [-0.4, -0.2) is 35.0 Å². The Morgan fingerprint density at radius 2 is 2.09 bits per heavy atom. The minimum Gasteiger partial charge on any atom is -0.444 e. The van der Waals surface area contributed by atoms with Gasteiger partial charge in [0.15, 0.2) is 5.78 Å². The van der Waals surface area contributed by atoms with E-state index in [0.717, 1.165) is 24.1 Å². The second-order valence-corrected chi connectivity index (χ2v) is 7.88. The van der Waals surface area contributed by atoms with Crippen LogP contribution in [0.1, 0.15) is 61.5 Å². The highest BCUT2D eigenvalue weighted by Crippen LogP contribution is 2.26. The number of ether oxygens (including phenoxy) is 1. The molecule has 2 heterocycles. The van der Waals surface area contributed by atoms with E-state index in [4.69, 9.17) is 4.74 Å². The molecule has 1 aliphatic heterocycles. The fourth-order valence-corrected chi connectivity index (χ4v) is 3.54. The Morgan fingerprint density at radius 1 is 1.36 bits per heavy atom. The van der Waals surface area contributed by atoms with Gasteiger partial charge in [-0.3, -0.25) is 4.79 Å². The van der Waals surface area contributed by atoms with Gasteiger partial charge in [-0.25, -0.2) is 4.79 Å². The van der Waals surface area contributed by atoms with Gasteiger partial charge >= 0.3 is 6.09 Å². The molecule has 1 aromatic rings. The summed E-state index contributed by atoms with van der Waals surface area (Å²) in [7, 11) is 0. The molecular formula is C17H25NO3S. The summed E-state index contributed by atoms with van der Waals surface area (Å²) >= 11 is 1.56. The van der Waals surface area contributed by atoms with Crippen LogP contribution in [0.3, 0.4) is 0 Å². The number of Topliss-reactive ketones (excluding diaryl/α,β-unsaturated/α-hetero) is 1. The third kappa shape index (κ3) is 4.32. The second-order valence-electron chi connectivity index (χ2n) is 6.72. The van der Waals surface area contributed by atoms with E-state index in [-0.39, 0.29) is 17.9 Å². The van der Waals surface area contributed by atoms with Crippen molar-refractivity contribution in [1.82, 2.24) is 4.90 Å². The third-order valence-corrected chi connectivity index (χ3v) is 4.98. The lowest BCUT2D eigenvalue weighted by Crippen LogP contribution is -2.40. The average molecular weight is 323 g/mol. The number of carbonyl (C=O) groups excluding carboxylic acids is 2. The Bertz CT molecular complexity index is 544. The van der Waals surface area contributed by atoms with E-state index in [0.29, 0.717) is 13.0 Å². The van der Waals surface area contributed by atoms with Crippen LogP contribution in [0.4, 0.5) is 4.79 Å². The molecule has 0 aromatic carbocycles. The lowest BCUT2D eigenvalue weighted by atomic mass is 10.1. The Morgan fingerprint density at radius 3 is 2.68 bits per heavy atom. The number of hydrogen-bond donors (Lipinski definition) is 0. The van der Waals surface area contributed by atoms with Gasteiger partial charge in [0.25, 0.3) is 0 Å². The molecule has 1 aromatic heterocycles. The number of ketones is 1. The first-order valence-corrected chi connectivity index (χ1v) is 8.73. The number of nitrogens with zero attached hydrogens (tertiary/aromatic N) is 1. The molecule has 1 amide bonds. The molecule has 1 unspecified atom stereocenters. The minimum absolute atomic E-state index is 0.0328. The summed E-state index contributed by atoms with van der Waals surface area (Å²) in [5, 5.41) is 0. The van der Waals surface area contributed by atoms with Gasteiger partial charge in [0.05, 0.1) is 4.88 Å². The summed E-state index contributed by atoms with van der Waals surface area (Å²) in [5.74, 6) is 0.130. The van der Waals surface area contributed by atoms with Gasteiger partial charge in [0.2, 0.25) is 0 Å². The predicted molar refractivity (Wildman–Crippen MR) is 88.6 cm³/mol. The van der Waals surface area contributed by atoms with Crippen molar-refractivity contribution in [2.45, 2.75) is 65.0 Å². The molecule has 5 heteroatoms. The van der Waals surface area contributed by atoms with Crippen molar-refractivity contribution in [1.29, 1.82) is 0 Å². The maximum atomic E-state index is 12.4. The predicted octanol–water partition coefficient (Wildman–Crippen LogP) is 4.28. The van der Waals surface area contributed by atoms with E-state index in [1.165, 1.54) is 4.88 Å². The van der Waals surface area contributed by atoms with E-state index in [1.807, 2.05) is 32.9 Å². The molecule has 0 spiro atoms. The zero-order chi connectivity index (χ0) is 16.3.